The minimum atomic E-state index is -0.250. The first-order valence-electron chi connectivity index (χ1n) is 11.6. The lowest BCUT2D eigenvalue weighted by Gasteiger charge is -2.26. The van der Waals surface area contributed by atoms with Crippen LogP contribution in [-0.4, -0.2) is 43.8 Å². The Morgan fingerprint density at radius 1 is 1.11 bits per heavy atom. The molecular weight excluding hydrogens is 508 g/mol. The van der Waals surface area contributed by atoms with Crippen molar-refractivity contribution in [1.29, 1.82) is 0 Å². The Morgan fingerprint density at radius 3 is 2.46 bits per heavy atom. The second-order valence-electron chi connectivity index (χ2n) is 8.54. The van der Waals surface area contributed by atoms with E-state index in [2.05, 4.69) is 54.4 Å². The normalized spacial score (nSPS) is 16.9. The molecule has 3 heterocycles. The van der Waals surface area contributed by atoms with Crippen LogP contribution in [0.15, 0.2) is 53.5 Å². The third-order valence-corrected chi connectivity index (χ3v) is 6.98. The molecule has 0 atom stereocenters. The molecule has 3 aromatic rings. The Morgan fingerprint density at radius 2 is 1.86 bits per heavy atom. The topological polar surface area (TPSA) is 117 Å². The van der Waals surface area contributed by atoms with Crippen LogP contribution in [0, 0.1) is 12.8 Å². The molecule has 1 saturated carbocycles. The summed E-state index contributed by atoms with van der Waals surface area (Å²) in [6.07, 6.45) is 12.1. The predicted octanol–water partition coefficient (Wildman–Crippen LogP) is 6.16. The number of aryl methyl sites for hydroxylation is 1. The zero-order chi connectivity index (χ0) is 25.2. The van der Waals surface area contributed by atoms with Crippen molar-refractivity contribution in [2.24, 2.45) is 5.92 Å². The van der Waals surface area contributed by atoms with Gasteiger partial charge in [-0.2, -0.15) is 5.10 Å². The highest BCUT2D eigenvalue weighted by Gasteiger charge is 2.23. The van der Waals surface area contributed by atoms with Crippen LogP contribution in [0.5, 0.6) is 0 Å². The summed E-state index contributed by atoms with van der Waals surface area (Å²) in [4.78, 5) is 22.4. The highest BCUT2D eigenvalue weighted by molar-refractivity contribution is 9.10. The molecule has 35 heavy (non-hydrogen) atoms. The number of nitrogens with one attached hydrogen (secondary N) is 2. The summed E-state index contributed by atoms with van der Waals surface area (Å²) in [5, 5.41) is 17.7. The summed E-state index contributed by atoms with van der Waals surface area (Å²) in [6.45, 7) is 4.14. The summed E-state index contributed by atoms with van der Waals surface area (Å²) in [5.74, 6) is 2.02. The fraction of sp³-hybridized carbons (Fsp3) is 0.346. The Kier molecular flexibility index (Phi) is 9.72. The molecule has 1 fully saturated rings. The van der Waals surface area contributed by atoms with Crippen LogP contribution in [0.4, 0.5) is 5.82 Å². The minimum absolute atomic E-state index is 0.250. The van der Waals surface area contributed by atoms with Crippen LogP contribution in [0.1, 0.15) is 49.9 Å². The maximum atomic E-state index is 8.36. The first kappa shape index (κ1) is 26.3. The minimum Gasteiger partial charge on any atom is -0.483 e. The third kappa shape index (κ3) is 6.85. The van der Waals surface area contributed by atoms with Crippen LogP contribution in [0.25, 0.3) is 22.4 Å². The molecule has 0 radical (unpaired) electrons. The van der Waals surface area contributed by atoms with Crippen molar-refractivity contribution in [3.05, 3.63) is 64.9 Å². The number of anilines is 1. The van der Waals surface area contributed by atoms with Gasteiger partial charge in [0.1, 0.15) is 5.82 Å². The van der Waals surface area contributed by atoms with Gasteiger partial charge < -0.3 is 10.4 Å². The van der Waals surface area contributed by atoms with Crippen molar-refractivity contribution >= 4 is 28.2 Å². The van der Waals surface area contributed by atoms with Gasteiger partial charge in [0.05, 0.1) is 22.1 Å². The van der Waals surface area contributed by atoms with Crippen LogP contribution < -0.4 is 5.32 Å². The molecular formula is C26H31BrN6O2. The maximum absolute atomic E-state index is 8.36. The van der Waals surface area contributed by atoms with Crippen LogP contribution in [0.3, 0.4) is 0 Å². The predicted molar refractivity (Wildman–Crippen MR) is 142 cm³/mol. The SMILES string of the molecule is CNc1[nH]ncc(-c2ccc(-c3cccnc3)nc2)c(C)nc(C2CCC(C)CC2)c1Br.O=CO. The van der Waals surface area contributed by atoms with Crippen molar-refractivity contribution in [3.63, 3.8) is 0 Å². The quantitative estimate of drug-likeness (QED) is 0.340. The number of carboxylic acid groups (broad SMARTS) is 1. The fourth-order valence-electron chi connectivity index (χ4n) is 4.21. The average Bonchev–Trinajstić information content (AvgIpc) is 2.94. The van der Waals surface area contributed by atoms with Gasteiger partial charge in [0, 0.05) is 53.9 Å². The highest BCUT2D eigenvalue weighted by atomic mass is 79.9. The summed E-state index contributed by atoms with van der Waals surface area (Å²) in [5.41, 5.74) is 5.81. The van der Waals surface area contributed by atoms with Gasteiger partial charge in [-0.1, -0.05) is 25.8 Å². The number of aromatic nitrogens is 5. The van der Waals surface area contributed by atoms with Gasteiger partial charge in [-0.25, -0.2) is 0 Å². The number of hydrogen-bond donors (Lipinski definition) is 3. The molecule has 0 aromatic carbocycles. The number of halogens is 1. The van der Waals surface area contributed by atoms with Gasteiger partial charge in [-0.05, 0) is 59.8 Å². The summed E-state index contributed by atoms with van der Waals surface area (Å²) >= 11 is 3.80. The number of nitrogens with zero attached hydrogens (tertiary/aromatic N) is 4. The molecule has 3 N–H and O–H groups in total. The van der Waals surface area contributed by atoms with Crippen molar-refractivity contribution in [1.82, 2.24) is 25.1 Å². The molecule has 8 nitrogen and oxygen atoms in total. The summed E-state index contributed by atoms with van der Waals surface area (Å²) < 4.78 is 0.947. The molecule has 0 unspecified atom stereocenters. The molecule has 3 aromatic heterocycles. The maximum Gasteiger partial charge on any atom is 0.290 e. The molecule has 4 rings (SSSR count). The van der Waals surface area contributed by atoms with E-state index in [1.807, 2.05) is 50.8 Å². The smallest absolute Gasteiger partial charge is 0.290 e. The van der Waals surface area contributed by atoms with E-state index < -0.39 is 0 Å². The molecule has 0 bridgehead atoms. The number of pyridine rings is 2. The zero-order valence-electron chi connectivity index (χ0n) is 20.2. The molecule has 1 aliphatic rings. The second-order valence-corrected chi connectivity index (χ2v) is 9.33. The molecule has 0 amide bonds. The second kappa shape index (κ2) is 12.9. The lowest BCUT2D eigenvalue weighted by atomic mass is 9.81. The van der Waals surface area contributed by atoms with Gasteiger partial charge in [-0.15, -0.1) is 0 Å². The van der Waals surface area contributed by atoms with Crippen LogP contribution >= 0.6 is 15.9 Å². The van der Waals surface area contributed by atoms with E-state index in [0.29, 0.717) is 5.92 Å². The number of rotatable bonds is 4. The van der Waals surface area contributed by atoms with E-state index in [4.69, 9.17) is 14.9 Å². The van der Waals surface area contributed by atoms with Crippen molar-refractivity contribution in [2.75, 3.05) is 12.4 Å². The van der Waals surface area contributed by atoms with Gasteiger partial charge in [0.15, 0.2) is 0 Å². The highest BCUT2D eigenvalue weighted by Crippen LogP contribution is 2.39. The molecule has 184 valence electrons. The average molecular weight is 539 g/mol. The molecule has 9 heteroatoms. The zero-order valence-corrected chi connectivity index (χ0v) is 21.8. The Labute approximate surface area is 214 Å². The van der Waals surface area contributed by atoms with Gasteiger partial charge in [-0.3, -0.25) is 24.8 Å². The first-order valence-corrected chi connectivity index (χ1v) is 12.4. The van der Waals surface area contributed by atoms with Gasteiger partial charge in [0.2, 0.25) is 0 Å². The first-order chi connectivity index (χ1) is 17.0. The Bertz CT molecular complexity index is 1160. The lowest BCUT2D eigenvalue weighted by molar-refractivity contribution is -0.122. The largest absolute Gasteiger partial charge is 0.483 e. The molecule has 0 saturated heterocycles. The van der Waals surface area contributed by atoms with E-state index in [0.717, 1.165) is 62.8 Å². The monoisotopic (exact) mass is 538 g/mol. The van der Waals surface area contributed by atoms with E-state index in [9.17, 15) is 0 Å². The summed E-state index contributed by atoms with van der Waals surface area (Å²) in [6, 6.07) is 8.01. The standard InChI is InChI=1S/C25H29BrN6.CH2O2/c1-16-6-8-18(9-7-16)24-23(26)25(27-3)32-30-15-21(17(2)31-24)19-10-11-22(29-14-19)20-5-4-12-28-13-20;2-1-3/h4-5,10-16,18,27,32H,6-9H2,1-3H3;1H,(H,2,3). The van der Waals surface area contributed by atoms with Gasteiger partial charge >= 0.3 is 0 Å². The van der Waals surface area contributed by atoms with Crippen LogP contribution in [0.2, 0.25) is 0 Å². The number of carbonyl (C=O) groups is 1. The van der Waals surface area contributed by atoms with Gasteiger partial charge in [0.25, 0.3) is 6.47 Å². The fourth-order valence-corrected chi connectivity index (χ4v) is 4.91. The number of hydrogen-bond acceptors (Lipinski definition) is 6. The van der Waals surface area contributed by atoms with Crippen molar-refractivity contribution in [2.45, 2.75) is 45.4 Å². The van der Waals surface area contributed by atoms with E-state index >= 15 is 0 Å². The number of aromatic amines is 1. The van der Waals surface area contributed by atoms with Crippen molar-refractivity contribution < 1.29 is 9.90 Å². The molecule has 0 aliphatic heterocycles. The van der Waals surface area contributed by atoms with Crippen LogP contribution in [-0.2, 0) is 4.79 Å². The third-order valence-electron chi connectivity index (χ3n) is 6.18. The Hall–Kier alpha value is -3.33. The summed E-state index contributed by atoms with van der Waals surface area (Å²) in [7, 11) is 1.89. The molecule has 0 spiro atoms. The van der Waals surface area contributed by atoms with E-state index in [1.165, 1.54) is 12.8 Å². The van der Waals surface area contributed by atoms with Crippen molar-refractivity contribution in [3.8, 4) is 22.4 Å². The van der Waals surface area contributed by atoms with E-state index in [-0.39, 0.29) is 6.47 Å². The Balaban J connectivity index is 0.00000108. The lowest BCUT2D eigenvalue weighted by Crippen LogP contribution is -2.13. The van der Waals surface area contributed by atoms with E-state index in [1.54, 1.807) is 6.20 Å². The molecule has 1 aliphatic carbocycles. The number of H-pyrrole nitrogens is 1.